The van der Waals surface area contributed by atoms with Crippen LogP contribution in [0.5, 0.6) is 0 Å². The summed E-state index contributed by atoms with van der Waals surface area (Å²) in [6.45, 7) is 10.3. The molecule has 0 fully saturated rings. The molecule has 0 aromatic heterocycles. The molecule has 1 nitrogen and oxygen atoms in total. The Kier molecular flexibility index (Phi) is 10.1. The van der Waals surface area contributed by atoms with E-state index in [0.29, 0.717) is 0 Å². The maximum absolute atomic E-state index is 3.64. The zero-order valence-electron chi connectivity index (χ0n) is 10.3. The third kappa shape index (κ3) is 6.72. The van der Waals surface area contributed by atoms with E-state index >= 15 is 0 Å². The van der Waals surface area contributed by atoms with E-state index in [1.54, 1.807) is 0 Å². The molecule has 0 radical (unpaired) electrons. The summed E-state index contributed by atoms with van der Waals surface area (Å²) in [6, 6.07) is 0.729. The van der Waals surface area contributed by atoms with E-state index in [4.69, 9.17) is 0 Å². The van der Waals surface area contributed by atoms with Crippen molar-refractivity contribution in [2.75, 3.05) is 18.1 Å². The molecule has 14 heavy (non-hydrogen) atoms. The molecular formula is C12H27NS. The van der Waals surface area contributed by atoms with Crippen LogP contribution >= 0.6 is 11.8 Å². The molecule has 0 heterocycles. The summed E-state index contributed by atoms with van der Waals surface area (Å²) in [5.74, 6) is 3.40. The first kappa shape index (κ1) is 14.3. The maximum atomic E-state index is 3.64. The van der Waals surface area contributed by atoms with E-state index in [1.165, 1.54) is 37.3 Å². The monoisotopic (exact) mass is 217 g/mol. The molecule has 0 saturated heterocycles. The minimum Gasteiger partial charge on any atom is -0.314 e. The zero-order valence-corrected chi connectivity index (χ0v) is 11.1. The highest BCUT2D eigenvalue weighted by Crippen LogP contribution is 2.15. The van der Waals surface area contributed by atoms with Crippen molar-refractivity contribution in [3.8, 4) is 0 Å². The van der Waals surface area contributed by atoms with Gasteiger partial charge < -0.3 is 5.32 Å². The summed E-state index contributed by atoms with van der Waals surface area (Å²) in [5.41, 5.74) is 0. The lowest BCUT2D eigenvalue weighted by Crippen LogP contribution is -2.35. The topological polar surface area (TPSA) is 12.0 Å². The van der Waals surface area contributed by atoms with E-state index in [9.17, 15) is 0 Å². The van der Waals surface area contributed by atoms with Gasteiger partial charge in [-0.15, -0.1) is 0 Å². The van der Waals surface area contributed by atoms with Crippen LogP contribution in [0.15, 0.2) is 0 Å². The van der Waals surface area contributed by atoms with E-state index in [1.807, 2.05) is 0 Å². The number of rotatable bonds is 9. The van der Waals surface area contributed by atoms with Crippen molar-refractivity contribution in [1.29, 1.82) is 0 Å². The van der Waals surface area contributed by atoms with Crippen LogP contribution in [0.25, 0.3) is 0 Å². The molecule has 0 bridgehead atoms. The average molecular weight is 217 g/mol. The summed E-state index contributed by atoms with van der Waals surface area (Å²) in [5, 5.41) is 3.64. The first-order valence-corrected chi connectivity index (χ1v) is 7.22. The second kappa shape index (κ2) is 9.85. The van der Waals surface area contributed by atoms with Gasteiger partial charge in [0.05, 0.1) is 0 Å². The van der Waals surface area contributed by atoms with Crippen molar-refractivity contribution in [3.63, 3.8) is 0 Å². The summed E-state index contributed by atoms with van der Waals surface area (Å²) in [6.07, 6.45) is 3.86. The Morgan fingerprint density at radius 2 is 1.93 bits per heavy atom. The van der Waals surface area contributed by atoms with Crippen molar-refractivity contribution in [1.82, 2.24) is 5.32 Å². The highest BCUT2D eigenvalue weighted by Gasteiger charge is 2.13. The van der Waals surface area contributed by atoms with Gasteiger partial charge in [0.1, 0.15) is 0 Å². The van der Waals surface area contributed by atoms with Crippen molar-refractivity contribution in [2.24, 2.45) is 5.92 Å². The van der Waals surface area contributed by atoms with Gasteiger partial charge in [0.15, 0.2) is 0 Å². The van der Waals surface area contributed by atoms with Gasteiger partial charge in [0.2, 0.25) is 0 Å². The van der Waals surface area contributed by atoms with E-state index in [-0.39, 0.29) is 0 Å². The second-order valence-corrected chi connectivity index (χ2v) is 5.33. The minimum atomic E-state index is 0.729. The van der Waals surface area contributed by atoms with Crippen LogP contribution in [0.2, 0.25) is 0 Å². The van der Waals surface area contributed by atoms with Crippen LogP contribution in [0.3, 0.4) is 0 Å². The fourth-order valence-electron chi connectivity index (χ4n) is 1.69. The fourth-order valence-corrected chi connectivity index (χ4v) is 2.52. The van der Waals surface area contributed by atoms with E-state index in [0.717, 1.165) is 12.0 Å². The summed E-state index contributed by atoms with van der Waals surface area (Å²) in [4.78, 5) is 0. The van der Waals surface area contributed by atoms with Crippen molar-refractivity contribution in [2.45, 2.75) is 53.0 Å². The largest absolute Gasteiger partial charge is 0.314 e. The predicted octanol–water partition coefficient (Wildman–Crippen LogP) is 3.54. The molecule has 1 N–H and O–H groups in total. The molecule has 0 spiro atoms. The molecule has 0 aliphatic rings. The normalized spacial score (nSPS) is 15.4. The van der Waals surface area contributed by atoms with E-state index < -0.39 is 0 Å². The van der Waals surface area contributed by atoms with Crippen LogP contribution in [-0.2, 0) is 0 Å². The van der Waals surface area contributed by atoms with E-state index in [2.05, 4.69) is 44.8 Å². The molecule has 0 amide bonds. The lowest BCUT2D eigenvalue weighted by Gasteiger charge is -2.23. The summed E-state index contributed by atoms with van der Waals surface area (Å²) < 4.78 is 0. The molecule has 0 aromatic rings. The Balaban J connectivity index is 3.61. The average Bonchev–Trinajstić information content (AvgIpc) is 2.19. The number of thioether (sulfide) groups is 1. The number of nitrogens with one attached hydrogen (secondary N) is 1. The summed E-state index contributed by atoms with van der Waals surface area (Å²) >= 11 is 2.06. The van der Waals surface area contributed by atoms with Crippen LogP contribution < -0.4 is 5.32 Å². The first-order valence-electron chi connectivity index (χ1n) is 6.07. The standard InChI is InChI=1S/C12H27NS/c1-5-9-13-12(6-2)11(4)8-10-14-7-3/h11-13H,5-10H2,1-4H3. The van der Waals surface area contributed by atoms with Gasteiger partial charge in [0.25, 0.3) is 0 Å². The second-order valence-electron chi connectivity index (χ2n) is 3.93. The molecule has 0 aromatic carbocycles. The van der Waals surface area contributed by atoms with Crippen molar-refractivity contribution >= 4 is 11.8 Å². The van der Waals surface area contributed by atoms with Crippen LogP contribution in [0, 0.1) is 5.92 Å². The molecule has 0 rings (SSSR count). The maximum Gasteiger partial charge on any atom is 0.00903 e. The zero-order chi connectivity index (χ0) is 10.8. The Morgan fingerprint density at radius 1 is 1.21 bits per heavy atom. The lowest BCUT2D eigenvalue weighted by atomic mass is 9.97. The Labute approximate surface area is 94.4 Å². The lowest BCUT2D eigenvalue weighted by molar-refractivity contribution is 0.360. The molecule has 0 aliphatic carbocycles. The molecule has 0 saturated carbocycles. The Hall–Kier alpha value is 0.310. The molecule has 2 unspecified atom stereocenters. The third-order valence-electron chi connectivity index (χ3n) is 2.70. The van der Waals surface area contributed by atoms with Gasteiger partial charge in [-0.1, -0.05) is 27.7 Å². The first-order chi connectivity index (χ1) is 6.76. The number of hydrogen-bond donors (Lipinski definition) is 1. The van der Waals surface area contributed by atoms with Gasteiger partial charge in [0, 0.05) is 6.04 Å². The van der Waals surface area contributed by atoms with Crippen molar-refractivity contribution in [3.05, 3.63) is 0 Å². The third-order valence-corrected chi connectivity index (χ3v) is 3.64. The van der Waals surface area contributed by atoms with Gasteiger partial charge in [-0.2, -0.15) is 11.8 Å². The Morgan fingerprint density at radius 3 is 2.43 bits per heavy atom. The van der Waals surface area contributed by atoms with Crippen molar-refractivity contribution < 1.29 is 0 Å². The predicted molar refractivity (Wildman–Crippen MR) is 69.2 cm³/mol. The summed E-state index contributed by atoms with van der Waals surface area (Å²) in [7, 11) is 0. The van der Waals surface area contributed by atoms with Gasteiger partial charge in [-0.25, -0.2) is 0 Å². The molecule has 86 valence electrons. The highest BCUT2D eigenvalue weighted by atomic mass is 32.2. The quantitative estimate of drug-likeness (QED) is 0.593. The minimum absolute atomic E-state index is 0.729. The van der Waals surface area contributed by atoms with Gasteiger partial charge in [-0.3, -0.25) is 0 Å². The van der Waals surface area contributed by atoms with Crippen LogP contribution in [0.4, 0.5) is 0 Å². The Bertz CT molecular complexity index is 117. The van der Waals surface area contributed by atoms with Gasteiger partial charge in [-0.05, 0) is 43.2 Å². The SMILES string of the molecule is CCCNC(CC)C(C)CCSCC. The van der Waals surface area contributed by atoms with Crippen LogP contribution in [-0.4, -0.2) is 24.1 Å². The molecular weight excluding hydrogens is 190 g/mol. The molecule has 2 atom stereocenters. The highest BCUT2D eigenvalue weighted by molar-refractivity contribution is 7.99. The smallest absolute Gasteiger partial charge is 0.00903 e. The molecule has 0 aliphatic heterocycles. The van der Waals surface area contributed by atoms with Crippen LogP contribution in [0.1, 0.15) is 47.0 Å². The fraction of sp³-hybridized carbons (Fsp3) is 1.00. The van der Waals surface area contributed by atoms with Gasteiger partial charge >= 0.3 is 0 Å². The molecule has 2 heteroatoms. The number of hydrogen-bond acceptors (Lipinski definition) is 2.